The molecule has 3 rings (SSSR count). The number of amides is 2. The Labute approximate surface area is 163 Å². The summed E-state index contributed by atoms with van der Waals surface area (Å²) in [6, 6.07) is 14.7. The lowest BCUT2D eigenvalue weighted by atomic mass is 10.1. The smallest absolute Gasteiger partial charge is 0.251 e. The highest BCUT2D eigenvalue weighted by Crippen LogP contribution is 2.15. The summed E-state index contributed by atoms with van der Waals surface area (Å²) in [5.41, 5.74) is 2.85. The lowest BCUT2D eigenvalue weighted by molar-refractivity contribution is -0.116. The predicted molar refractivity (Wildman–Crippen MR) is 109 cm³/mol. The summed E-state index contributed by atoms with van der Waals surface area (Å²) in [6.07, 6.45) is 3.78. The topological polar surface area (TPSA) is 84.2 Å². The van der Waals surface area contributed by atoms with Crippen LogP contribution in [0.1, 0.15) is 42.1 Å². The first kappa shape index (κ1) is 19.4. The quantitative estimate of drug-likeness (QED) is 0.615. The van der Waals surface area contributed by atoms with Crippen molar-refractivity contribution in [2.24, 2.45) is 0 Å². The van der Waals surface area contributed by atoms with Crippen LogP contribution in [-0.4, -0.2) is 22.8 Å². The standard InChI is InChI=1S/C22H23N3O3/c1-3-15(2)24-22(27)17-8-6-7-16(13-17)14-23-20(26)11-12-21-25-18-9-4-5-10-19(18)28-21/h4-13,15H,3,14H2,1-2H3,(H,23,26)(H,24,27)/b12-11+. The van der Waals surface area contributed by atoms with Crippen LogP contribution < -0.4 is 10.6 Å². The van der Waals surface area contributed by atoms with Crippen LogP contribution in [0.25, 0.3) is 17.2 Å². The summed E-state index contributed by atoms with van der Waals surface area (Å²) in [7, 11) is 0. The van der Waals surface area contributed by atoms with Crippen molar-refractivity contribution >= 4 is 29.0 Å². The Morgan fingerprint density at radius 3 is 2.79 bits per heavy atom. The van der Waals surface area contributed by atoms with Crippen LogP contribution in [0, 0.1) is 0 Å². The lowest BCUT2D eigenvalue weighted by Gasteiger charge is -2.12. The Kier molecular flexibility index (Phi) is 6.22. The summed E-state index contributed by atoms with van der Waals surface area (Å²) in [6.45, 7) is 4.30. The molecule has 0 saturated heterocycles. The van der Waals surface area contributed by atoms with Gasteiger partial charge in [0.1, 0.15) is 5.52 Å². The molecule has 1 aromatic heterocycles. The molecule has 1 heterocycles. The average Bonchev–Trinajstić information content (AvgIpc) is 3.13. The van der Waals surface area contributed by atoms with Gasteiger partial charge in [0, 0.05) is 30.3 Å². The van der Waals surface area contributed by atoms with Crippen molar-refractivity contribution in [1.29, 1.82) is 0 Å². The monoisotopic (exact) mass is 377 g/mol. The predicted octanol–water partition coefficient (Wildman–Crippen LogP) is 3.69. The van der Waals surface area contributed by atoms with Crippen LogP contribution >= 0.6 is 0 Å². The van der Waals surface area contributed by atoms with Crippen LogP contribution in [0.5, 0.6) is 0 Å². The van der Waals surface area contributed by atoms with E-state index in [0.717, 1.165) is 17.5 Å². The second kappa shape index (κ2) is 8.99. The summed E-state index contributed by atoms with van der Waals surface area (Å²) >= 11 is 0. The van der Waals surface area contributed by atoms with E-state index >= 15 is 0 Å². The number of benzene rings is 2. The molecule has 1 unspecified atom stereocenters. The van der Waals surface area contributed by atoms with E-state index in [1.54, 1.807) is 18.2 Å². The van der Waals surface area contributed by atoms with Gasteiger partial charge in [0.15, 0.2) is 5.58 Å². The van der Waals surface area contributed by atoms with E-state index in [1.807, 2.05) is 44.2 Å². The third kappa shape index (κ3) is 5.07. The number of fused-ring (bicyclic) bond motifs is 1. The molecule has 2 N–H and O–H groups in total. The average molecular weight is 377 g/mol. The minimum atomic E-state index is -0.267. The number of nitrogens with one attached hydrogen (secondary N) is 2. The van der Waals surface area contributed by atoms with E-state index in [9.17, 15) is 9.59 Å². The highest BCUT2D eigenvalue weighted by atomic mass is 16.3. The van der Waals surface area contributed by atoms with Crippen molar-refractivity contribution in [2.45, 2.75) is 32.9 Å². The molecular weight excluding hydrogens is 354 g/mol. The van der Waals surface area contributed by atoms with Gasteiger partial charge < -0.3 is 15.1 Å². The summed E-state index contributed by atoms with van der Waals surface area (Å²) in [5, 5.41) is 5.73. The number of carbonyl (C=O) groups excluding carboxylic acids is 2. The molecule has 2 aromatic carbocycles. The van der Waals surface area contributed by atoms with Gasteiger partial charge in [0.05, 0.1) is 0 Å². The fraction of sp³-hybridized carbons (Fsp3) is 0.227. The normalized spacial score (nSPS) is 12.2. The Hall–Kier alpha value is -3.41. The van der Waals surface area contributed by atoms with Crippen LogP contribution in [0.2, 0.25) is 0 Å². The molecule has 0 fully saturated rings. The number of aromatic nitrogens is 1. The van der Waals surface area contributed by atoms with Gasteiger partial charge in [-0.1, -0.05) is 31.2 Å². The highest BCUT2D eigenvalue weighted by Gasteiger charge is 2.09. The van der Waals surface area contributed by atoms with E-state index in [0.29, 0.717) is 23.6 Å². The molecule has 0 aliphatic rings. The largest absolute Gasteiger partial charge is 0.437 e. The molecule has 144 valence electrons. The SMILES string of the molecule is CCC(C)NC(=O)c1cccc(CNC(=O)/C=C/c2nc3ccccc3o2)c1. The zero-order valence-electron chi connectivity index (χ0n) is 15.9. The Morgan fingerprint density at radius 2 is 2.00 bits per heavy atom. The van der Waals surface area contributed by atoms with Gasteiger partial charge in [-0.2, -0.15) is 0 Å². The van der Waals surface area contributed by atoms with E-state index in [2.05, 4.69) is 15.6 Å². The molecule has 0 aliphatic heterocycles. The van der Waals surface area contributed by atoms with E-state index in [1.165, 1.54) is 12.2 Å². The number of hydrogen-bond donors (Lipinski definition) is 2. The molecule has 1 atom stereocenters. The molecular formula is C22H23N3O3. The van der Waals surface area contributed by atoms with Gasteiger partial charge >= 0.3 is 0 Å². The number of rotatable bonds is 7. The van der Waals surface area contributed by atoms with Gasteiger partial charge in [0.2, 0.25) is 11.8 Å². The molecule has 6 heteroatoms. The van der Waals surface area contributed by atoms with Gasteiger partial charge in [0.25, 0.3) is 5.91 Å². The van der Waals surface area contributed by atoms with Crippen LogP contribution in [0.4, 0.5) is 0 Å². The first-order valence-corrected chi connectivity index (χ1v) is 9.26. The molecule has 0 spiro atoms. The van der Waals surface area contributed by atoms with Gasteiger partial charge in [-0.05, 0) is 43.2 Å². The van der Waals surface area contributed by atoms with E-state index < -0.39 is 0 Å². The van der Waals surface area contributed by atoms with E-state index in [4.69, 9.17) is 4.42 Å². The molecule has 3 aromatic rings. The Bertz CT molecular complexity index is 974. The van der Waals surface area contributed by atoms with Crippen LogP contribution in [-0.2, 0) is 11.3 Å². The number of nitrogens with zero attached hydrogens (tertiary/aromatic N) is 1. The first-order chi connectivity index (χ1) is 13.5. The van der Waals surface area contributed by atoms with Gasteiger partial charge in [-0.15, -0.1) is 0 Å². The highest BCUT2D eigenvalue weighted by molar-refractivity contribution is 5.94. The van der Waals surface area contributed by atoms with Crippen molar-refractivity contribution in [1.82, 2.24) is 15.6 Å². The third-order valence-electron chi connectivity index (χ3n) is 4.33. The maximum atomic E-state index is 12.2. The minimum Gasteiger partial charge on any atom is -0.437 e. The summed E-state index contributed by atoms with van der Waals surface area (Å²) < 4.78 is 5.54. The Balaban J connectivity index is 1.56. The number of hydrogen-bond acceptors (Lipinski definition) is 4. The maximum Gasteiger partial charge on any atom is 0.251 e. The van der Waals surface area contributed by atoms with Gasteiger partial charge in [-0.3, -0.25) is 9.59 Å². The third-order valence-corrected chi connectivity index (χ3v) is 4.33. The minimum absolute atomic E-state index is 0.113. The Morgan fingerprint density at radius 1 is 1.18 bits per heavy atom. The molecule has 0 aliphatic carbocycles. The van der Waals surface area contributed by atoms with Crippen molar-refractivity contribution in [3.05, 3.63) is 71.6 Å². The van der Waals surface area contributed by atoms with Crippen LogP contribution in [0.3, 0.4) is 0 Å². The molecule has 0 bridgehead atoms. The molecule has 2 amide bonds. The molecule has 6 nitrogen and oxygen atoms in total. The molecule has 0 radical (unpaired) electrons. The fourth-order valence-electron chi connectivity index (χ4n) is 2.59. The zero-order chi connectivity index (χ0) is 19.9. The van der Waals surface area contributed by atoms with Crippen molar-refractivity contribution in [3.8, 4) is 0 Å². The van der Waals surface area contributed by atoms with Crippen molar-refractivity contribution < 1.29 is 14.0 Å². The van der Waals surface area contributed by atoms with Crippen LogP contribution in [0.15, 0.2) is 59.0 Å². The maximum absolute atomic E-state index is 12.2. The number of oxazole rings is 1. The van der Waals surface area contributed by atoms with Gasteiger partial charge in [-0.25, -0.2) is 4.98 Å². The van der Waals surface area contributed by atoms with E-state index in [-0.39, 0.29) is 17.9 Å². The van der Waals surface area contributed by atoms with Crippen molar-refractivity contribution in [2.75, 3.05) is 0 Å². The fourth-order valence-corrected chi connectivity index (χ4v) is 2.59. The molecule has 28 heavy (non-hydrogen) atoms. The summed E-state index contributed by atoms with van der Waals surface area (Å²) in [4.78, 5) is 28.6. The second-order valence-corrected chi connectivity index (χ2v) is 6.55. The number of carbonyl (C=O) groups is 2. The molecule has 0 saturated carbocycles. The van der Waals surface area contributed by atoms with Crippen molar-refractivity contribution in [3.63, 3.8) is 0 Å². The first-order valence-electron chi connectivity index (χ1n) is 9.26. The second-order valence-electron chi connectivity index (χ2n) is 6.55. The lowest BCUT2D eigenvalue weighted by Crippen LogP contribution is -2.32. The zero-order valence-corrected chi connectivity index (χ0v) is 15.9. The summed E-state index contributed by atoms with van der Waals surface area (Å²) in [5.74, 6) is -0.00448. The number of para-hydroxylation sites is 2.